The van der Waals surface area contributed by atoms with Gasteiger partial charge in [0.2, 0.25) is 0 Å². The Morgan fingerprint density at radius 1 is 1.50 bits per heavy atom. The molecule has 3 heteroatoms. The first kappa shape index (κ1) is 7.82. The summed E-state index contributed by atoms with van der Waals surface area (Å²) in [5.74, 6) is 0. The molecule has 0 atom stereocenters. The molecule has 0 amide bonds. The molecule has 0 N–H and O–H groups in total. The normalized spacial score (nSPS) is 12.4. The highest BCUT2D eigenvalue weighted by Gasteiger charge is 2.17. The Hall–Kier alpha value is -0.180. The fourth-order valence-electron chi connectivity index (χ4n) is 0.177. The lowest BCUT2D eigenvalue weighted by atomic mass is 10.5. The Morgan fingerprint density at radius 2 is 2.00 bits per heavy atom. The van der Waals surface area contributed by atoms with Gasteiger partial charge >= 0.3 is 4.83 Å². The van der Waals surface area contributed by atoms with Gasteiger partial charge in [0.1, 0.15) is 0 Å². The van der Waals surface area contributed by atoms with E-state index in [1.807, 2.05) is 0 Å². The highest BCUT2D eigenvalue weighted by atomic mass is 79.9. The van der Waals surface area contributed by atoms with Gasteiger partial charge in [0.25, 0.3) is 0 Å². The third kappa shape index (κ3) is 5.82. The van der Waals surface area contributed by atoms with E-state index in [9.17, 15) is 8.78 Å². The van der Waals surface area contributed by atoms with E-state index < -0.39 is 4.83 Å². The Bertz CT molecular complexity index is 101. The van der Waals surface area contributed by atoms with Crippen LogP contribution in [0.4, 0.5) is 8.78 Å². The summed E-state index contributed by atoms with van der Waals surface area (Å²) in [6.07, 6.45) is 3.17. The molecular formula is C5H5BrF2. The van der Waals surface area contributed by atoms with Gasteiger partial charge in [0.15, 0.2) is 0 Å². The van der Waals surface area contributed by atoms with E-state index in [1.165, 1.54) is 12.2 Å². The SMILES string of the molecule is C=C/C=C\C(F)(F)Br. The lowest BCUT2D eigenvalue weighted by molar-refractivity contribution is 0.171. The number of hydrogen-bond donors (Lipinski definition) is 0. The van der Waals surface area contributed by atoms with E-state index in [-0.39, 0.29) is 0 Å². The second-order valence-corrected chi connectivity index (χ2v) is 2.19. The van der Waals surface area contributed by atoms with Gasteiger partial charge in [-0.05, 0) is 22.0 Å². The van der Waals surface area contributed by atoms with Crippen molar-refractivity contribution in [3.05, 3.63) is 24.8 Å². The zero-order valence-electron chi connectivity index (χ0n) is 4.07. The quantitative estimate of drug-likeness (QED) is 0.456. The minimum absolute atomic E-state index is 0.708. The monoisotopic (exact) mass is 182 g/mol. The summed E-state index contributed by atoms with van der Waals surface area (Å²) in [4.78, 5) is -2.89. The molecule has 0 heterocycles. The number of allylic oxidation sites excluding steroid dienone is 3. The van der Waals surface area contributed by atoms with Crippen molar-refractivity contribution in [1.82, 2.24) is 0 Å². The van der Waals surface area contributed by atoms with Gasteiger partial charge in [-0.25, -0.2) is 0 Å². The summed E-state index contributed by atoms with van der Waals surface area (Å²) in [7, 11) is 0. The lowest BCUT2D eigenvalue weighted by Crippen LogP contribution is -1.96. The summed E-state index contributed by atoms with van der Waals surface area (Å²) in [6.45, 7) is 3.22. The molecule has 0 bridgehead atoms. The summed E-state index contributed by atoms with van der Waals surface area (Å²) >= 11 is 2.11. The van der Waals surface area contributed by atoms with Crippen molar-refractivity contribution in [2.45, 2.75) is 4.83 Å². The molecule has 0 aliphatic heterocycles. The van der Waals surface area contributed by atoms with Crippen molar-refractivity contribution < 1.29 is 8.78 Å². The maximum Gasteiger partial charge on any atom is 0.320 e. The minimum Gasteiger partial charge on any atom is -0.189 e. The highest BCUT2D eigenvalue weighted by molar-refractivity contribution is 9.10. The van der Waals surface area contributed by atoms with E-state index in [2.05, 4.69) is 22.5 Å². The van der Waals surface area contributed by atoms with Gasteiger partial charge in [-0.3, -0.25) is 0 Å². The standard InChI is InChI=1S/C5H5BrF2/c1-2-3-4-5(6,7)8/h2-4H,1H2/b4-3-. The first-order valence-electron chi connectivity index (χ1n) is 1.93. The maximum absolute atomic E-state index is 11.7. The number of halogens is 3. The highest BCUT2D eigenvalue weighted by Crippen LogP contribution is 2.22. The van der Waals surface area contributed by atoms with Gasteiger partial charge < -0.3 is 0 Å². The molecule has 0 unspecified atom stereocenters. The third-order valence-corrected chi connectivity index (χ3v) is 0.686. The lowest BCUT2D eigenvalue weighted by Gasteiger charge is -1.96. The molecular weight excluding hydrogens is 178 g/mol. The average molecular weight is 183 g/mol. The van der Waals surface area contributed by atoms with Gasteiger partial charge in [0.05, 0.1) is 0 Å². The third-order valence-electron chi connectivity index (χ3n) is 0.421. The van der Waals surface area contributed by atoms with E-state index >= 15 is 0 Å². The largest absolute Gasteiger partial charge is 0.320 e. The van der Waals surface area contributed by atoms with Crippen molar-refractivity contribution >= 4 is 15.9 Å². The van der Waals surface area contributed by atoms with Crippen LogP contribution in [0.3, 0.4) is 0 Å². The van der Waals surface area contributed by atoms with Crippen LogP contribution >= 0.6 is 15.9 Å². The van der Waals surface area contributed by atoms with E-state index in [0.29, 0.717) is 6.08 Å². The molecule has 0 saturated heterocycles. The predicted octanol–water partition coefficient (Wildman–Crippen LogP) is 2.72. The number of alkyl halides is 3. The molecule has 0 aliphatic carbocycles. The number of rotatable bonds is 2. The van der Waals surface area contributed by atoms with E-state index in [4.69, 9.17) is 0 Å². The van der Waals surface area contributed by atoms with Crippen LogP contribution in [0, 0.1) is 0 Å². The molecule has 0 rings (SSSR count). The second-order valence-electron chi connectivity index (χ2n) is 1.14. The molecule has 0 fully saturated rings. The molecule has 46 valence electrons. The zero-order chi connectivity index (χ0) is 6.62. The first-order chi connectivity index (χ1) is 3.56. The van der Waals surface area contributed by atoms with Crippen LogP contribution in [-0.2, 0) is 0 Å². The van der Waals surface area contributed by atoms with Gasteiger partial charge in [0, 0.05) is 0 Å². The van der Waals surface area contributed by atoms with Crippen molar-refractivity contribution in [1.29, 1.82) is 0 Å². The van der Waals surface area contributed by atoms with Crippen LogP contribution in [0.1, 0.15) is 0 Å². The van der Waals surface area contributed by atoms with Gasteiger partial charge in [-0.1, -0.05) is 18.7 Å². The molecule has 0 spiro atoms. The molecule has 0 aromatic rings. The molecule has 0 aliphatic rings. The molecule has 0 nitrogen and oxygen atoms in total. The van der Waals surface area contributed by atoms with Crippen LogP contribution in [0.2, 0.25) is 0 Å². The van der Waals surface area contributed by atoms with E-state index in [1.54, 1.807) is 0 Å². The predicted molar refractivity (Wildman–Crippen MR) is 33.2 cm³/mol. The number of hydrogen-bond acceptors (Lipinski definition) is 0. The van der Waals surface area contributed by atoms with Gasteiger partial charge in [-0.15, -0.1) is 0 Å². The Morgan fingerprint density at radius 3 is 2.12 bits per heavy atom. The smallest absolute Gasteiger partial charge is 0.189 e. The van der Waals surface area contributed by atoms with Crippen molar-refractivity contribution in [3.8, 4) is 0 Å². The Kier molecular flexibility index (Phi) is 2.90. The van der Waals surface area contributed by atoms with Crippen LogP contribution in [0.5, 0.6) is 0 Å². The molecule has 0 aromatic heterocycles. The second kappa shape index (κ2) is 2.97. The van der Waals surface area contributed by atoms with Gasteiger partial charge in [-0.2, -0.15) is 8.78 Å². The van der Waals surface area contributed by atoms with Crippen LogP contribution in [0.25, 0.3) is 0 Å². The maximum atomic E-state index is 11.7. The average Bonchev–Trinajstić information content (AvgIpc) is 1.59. The van der Waals surface area contributed by atoms with Crippen molar-refractivity contribution in [2.24, 2.45) is 0 Å². The van der Waals surface area contributed by atoms with Crippen LogP contribution < -0.4 is 0 Å². The summed E-state index contributed by atoms with van der Waals surface area (Å²) in [5, 5.41) is 0. The molecule has 8 heavy (non-hydrogen) atoms. The molecule has 0 aromatic carbocycles. The molecule has 0 radical (unpaired) electrons. The first-order valence-corrected chi connectivity index (χ1v) is 2.72. The Labute approximate surface area is 55.0 Å². The van der Waals surface area contributed by atoms with Crippen LogP contribution in [0.15, 0.2) is 24.8 Å². The van der Waals surface area contributed by atoms with Crippen LogP contribution in [-0.4, -0.2) is 4.83 Å². The summed E-state index contributed by atoms with van der Waals surface area (Å²) in [5.41, 5.74) is 0. The minimum atomic E-state index is -2.89. The summed E-state index contributed by atoms with van der Waals surface area (Å²) < 4.78 is 23.4. The fourth-order valence-corrected chi connectivity index (χ4v) is 0.330. The molecule has 0 saturated carbocycles. The topological polar surface area (TPSA) is 0 Å². The van der Waals surface area contributed by atoms with Crippen molar-refractivity contribution in [2.75, 3.05) is 0 Å². The zero-order valence-corrected chi connectivity index (χ0v) is 5.66. The summed E-state index contributed by atoms with van der Waals surface area (Å²) in [6, 6.07) is 0. The van der Waals surface area contributed by atoms with E-state index in [0.717, 1.165) is 0 Å². The fraction of sp³-hybridized carbons (Fsp3) is 0.200. The van der Waals surface area contributed by atoms with Crippen molar-refractivity contribution in [3.63, 3.8) is 0 Å². The Balaban J connectivity index is 3.69.